The molecule has 2 fully saturated rings. The molecule has 1 aliphatic carbocycles. The summed E-state index contributed by atoms with van der Waals surface area (Å²) in [4.78, 5) is 14.5. The monoisotopic (exact) mass is 334 g/mol. The molecule has 1 N–H and O–H groups in total. The van der Waals surface area contributed by atoms with Crippen molar-refractivity contribution in [1.29, 1.82) is 0 Å². The van der Waals surface area contributed by atoms with Gasteiger partial charge in [-0.1, -0.05) is 18.9 Å². The Hall–Kier alpha value is -1.62. The Bertz CT molecular complexity index is 587. The highest BCUT2D eigenvalue weighted by atomic mass is 19.1. The van der Waals surface area contributed by atoms with Crippen molar-refractivity contribution in [1.82, 2.24) is 10.2 Å². The first kappa shape index (κ1) is 17.2. The number of amides is 1. The number of methoxy groups -OCH3 is 1. The minimum Gasteiger partial charge on any atom is -0.494 e. The van der Waals surface area contributed by atoms with Crippen LogP contribution in [0.4, 0.5) is 4.39 Å². The normalized spacial score (nSPS) is 22.8. The number of hydrogen-bond acceptors (Lipinski definition) is 3. The van der Waals surface area contributed by atoms with Gasteiger partial charge < -0.3 is 15.0 Å². The third kappa shape index (κ3) is 3.72. The number of likely N-dealkylation sites (tertiary alicyclic amines) is 1. The number of nitrogens with one attached hydrogen (secondary N) is 1. The highest BCUT2D eigenvalue weighted by Crippen LogP contribution is 2.28. The number of benzene rings is 1. The summed E-state index contributed by atoms with van der Waals surface area (Å²) in [6.07, 6.45) is 5.46. The van der Waals surface area contributed by atoms with Gasteiger partial charge >= 0.3 is 0 Å². The predicted octanol–water partition coefficient (Wildman–Crippen LogP) is 3.28. The largest absolute Gasteiger partial charge is 0.494 e. The highest BCUT2D eigenvalue weighted by Gasteiger charge is 2.32. The van der Waals surface area contributed by atoms with E-state index in [1.807, 2.05) is 4.90 Å². The quantitative estimate of drug-likeness (QED) is 0.898. The molecule has 4 nitrogen and oxygen atoms in total. The SMILES string of the molecule is COc1cc([C@H](C)N[C@@H]2CCN(C(=O)C3CCCC3)C2)ccc1F. The van der Waals surface area contributed by atoms with E-state index in [2.05, 4.69) is 12.2 Å². The maximum Gasteiger partial charge on any atom is 0.225 e. The minimum absolute atomic E-state index is 0.0889. The highest BCUT2D eigenvalue weighted by molar-refractivity contribution is 5.79. The lowest BCUT2D eigenvalue weighted by Gasteiger charge is -2.23. The third-order valence-electron chi connectivity index (χ3n) is 5.37. The molecule has 0 radical (unpaired) electrons. The van der Waals surface area contributed by atoms with E-state index in [4.69, 9.17) is 4.74 Å². The first-order valence-corrected chi connectivity index (χ1v) is 8.96. The lowest BCUT2D eigenvalue weighted by Crippen LogP contribution is -2.38. The molecule has 2 atom stereocenters. The van der Waals surface area contributed by atoms with Crippen molar-refractivity contribution in [2.45, 2.75) is 51.1 Å². The van der Waals surface area contributed by atoms with Crippen LogP contribution in [0.3, 0.4) is 0 Å². The van der Waals surface area contributed by atoms with Crippen LogP contribution < -0.4 is 10.1 Å². The fourth-order valence-corrected chi connectivity index (χ4v) is 3.92. The molecule has 1 aromatic carbocycles. The summed E-state index contributed by atoms with van der Waals surface area (Å²) in [5.74, 6) is 0.517. The van der Waals surface area contributed by atoms with Crippen molar-refractivity contribution < 1.29 is 13.9 Å². The molecule has 132 valence electrons. The van der Waals surface area contributed by atoms with E-state index in [1.54, 1.807) is 12.1 Å². The molecule has 0 spiro atoms. The average Bonchev–Trinajstić information content (AvgIpc) is 3.26. The molecule has 1 saturated carbocycles. The smallest absolute Gasteiger partial charge is 0.225 e. The lowest BCUT2D eigenvalue weighted by atomic mass is 10.1. The zero-order valence-electron chi connectivity index (χ0n) is 14.6. The van der Waals surface area contributed by atoms with Crippen LogP contribution in [-0.2, 0) is 4.79 Å². The molecule has 3 rings (SSSR count). The molecule has 1 amide bonds. The Kier molecular flexibility index (Phi) is 5.39. The summed E-state index contributed by atoms with van der Waals surface area (Å²) < 4.78 is 18.6. The molecule has 0 unspecified atom stereocenters. The maximum absolute atomic E-state index is 13.5. The van der Waals surface area contributed by atoms with Crippen LogP contribution in [-0.4, -0.2) is 37.0 Å². The number of halogens is 1. The molecule has 1 saturated heterocycles. The zero-order valence-corrected chi connectivity index (χ0v) is 14.6. The van der Waals surface area contributed by atoms with Crippen LogP contribution >= 0.6 is 0 Å². The van der Waals surface area contributed by atoms with Crippen molar-refractivity contribution in [3.63, 3.8) is 0 Å². The lowest BCUT2D eigenvalue weighted by molar-refractivity contribution is -0.134. The van der Waals surface area contributed by atoms with Crippen LogP contribution in [0.15, 0.2) is 18.2 Å². The molecule has 0 aromatic heterocycles. The number of hydrogen-bond donors (Lipinski definition) is 1. The predicted molar refractivity (Wildman–Crippen MR) is 91.4 cm³/mol. The minimum atomic E-state index is -0.345. The molecule has 24 heavy (non-hydrogen) atoms. The summed E-state index contributed by atoms with van der Waals surface area (Å²) in [6, 6.07) is 5.35. The van der Waals surface area contributed by atoms with Gasteiger partial charge in [-0.3, -0.25) is 4.79 Å². The van der Waals surface area contributed by atoms with E-state index in [0.29, 0.717) is 11.9 Å². The molecular formula is C19H27FN2O2. The second-order valence-electron chi connectivity index (χ2n) is 7.03. The molecule has 1 aliphatic heterocycles. The van der Waals surface area contributed by atoms with Gasteiger partial charge in [-0.15, -0.1) is 0 Å². The Labute approximate surface area is 143 Å². The topological polar surface area (TPSA) is 41.6 Å². The van der Waals surface area contributed by atoms with E-state index in [9.17, 15) is 9.18 Å². The van der Waals surface area contributed by atoms with Crippen LogP contribution in [0.25, 0.3) is 0 Å². The fourth-order valence-electron chi connectivity index (χ4n) is 3.92. The second-order valence-corrected chi connectivity index (χ2v) is 7.03. The molecule has 2 aliphatic rings. The molecular weight excluding hydrogens is 307 g/mol. The number of carbonyl (C=O) groups is 1. The van der Waals surface area contributed by atoms with Crippen LogP contribution in [0, 0.1) is 11.7 Å². The van der Waals surface area contributed by atoms with Crippen LogP contribution in [0.1, 0.15) is 50.6 Å². The summed E-state index contributed by atoms with van der Waals surface area (Å²) >= 11 is 0. The van der Waals surface area contributed by atoms with Crippen molar-refractivity contribution >= 4 is 5.91 Å². The number of rotatable bonds is 5. The summed E-state index contributed by atoms with van der Waals surface area (Å²) in [7, 11) is 1.48. The van der Waals surface area contributed by atoms with Gasteiger partial charge in [0, 0.05) is 31.1 Å². The fraction of sp³-hybridized carbons (Fsp3) is 0.632. The van der Waals surface area contributed by atoms with Crippen molar-refractivity contribution in [2.24, 2.45) is 5.92 Å². The summed E-state index contributed by atoms with van der Waals surface area (Å²) in [6.45, 7) is 3.68. The van der Waals surface area contributed by atoms with Gasteiger partial charge in [0.2, 0.25) is 5.91 Å². The number of carbonyl (C=O) groups excluding carboxylic acids is 1. The molecule has 0 bridgehead atoms. The summed E-state index contributed by atoms with van der Waals surface area (Å²) in [5.41, 5.74) is 0.994. The molecule has 1 heterocycles. The van der Waals surface area contributed by atoms with E-state index in [1.165, 1.54) is 26.0 Å². The van der Waals surface area contributed by atoms with Gasteiger partial charge in [-0.25, -0.2) is 4.39 Å². The van der Waals surface area contributed by atoms with Crippen molar-refractivity contribution in [3.05, 3.63) is 29.6 Å². The van der Waals surface area contributed by atoms with E-state index < -0.39 is 0 Å². The summed E-state index contributed by atoms with van der Waals surface area (Å²) in [5, 5.41) is 3.57. The Morgan fingerprint density at radius 1 is 1.33 bits per heavy atom. The van der Waals surface area contributed by atoms with Gasteiger partial charge in [0.1, 0.15) is 0 Å². The van der Waals surface area contributed by atoms with E-state index in [0.717, 1.165) is 37.9 Å². The molecule has 5 heteroatoms. The Morgan fingerprint density at radius 3 is 2.79 bits per heavy atom. The third-order valence-corrected chi connectivity index (χ3v) is 5.37. The van der Waals surface area contributed by atoms with E-state index in [-0.39, 0.29) is 23.5 Å². The first-order valence-electron chi connectivity index (χ1n) is 8.96. The Morgan fingerprint density at radius 2 is 2.08 bits per heavy atom. The standard InChI is InChI=1S/C19H27FN2O2/c1-13(15-7-8-17(20)18(11-15)24-2)21-16-9-10-22(12-16)19(23)14-5-3-4-6-14/h7-8,11,13-14,16,21H,3-6,9-10,12H2,1-2H3/t13-,16+/m0/s1. The van der Waals surface area contributed by atoms with Gasteiger partial charge in [0.05, 0.1) is 7.11 Å². The number of nitrogens with zero attached hydrogens (tertiary/aromatic N) is 1. The average molecular weight is 334 g/mol. The van der Waals surface area contributed by atoms with Crippen LogP contribution in [0.5, 0.6) is 5.75 Å². The number of ether oxygens (including phenoxy) is 1. The first-order chi connectivity index (χ1) is 11.6. The van der Waals surface area contributed by atoms with Gasteiger partial charge in [-0.05, 0) is 43.9 Å². The second kappa shape index (κ2) is 7.51. The Balaban J connectivity index is 1.55. The van der Waals surface area contributed by atoms with Crippen LogP contribution in [0.2, 0.25) is 0 Å². The van der Waals surface area contributed by atoms with Gasteiger partial charge in [0.25, 0.3) is 0 Å². The molecule has 1 aromatic rings. The van der Waals surface area contributed by atoms with Crippen molar-refractivity contribution in [3.8, 4) is 5.75 Å². The zero-order chi connectivity index (χ0) is 17.1. The van der Waals surface area contributed by atoms with Gasteiger partial charge in [0.15, 0.2) is 11.6 Å². The maximum atomic E-state index is 13.5. The van der Waals surface area contributed by atoms with Crippen molar-refractivity contribution in [2.75, 3.05) is 20.2 Å². The van der Waals surface area contributed by atoms with E-state index >= 15 is 0 Å². The van der Waals surface area contributed by atoms with Gasteiger partial charge in [-0.2, -0.15) is 0 Å².